The lowest BCUT2D eigenvalue weighted by molar-refractivity contribution is 0.255. The van der Waals surface area contributed by atoms with Crippen molar-refractivity contribution in [2.45, 2.75) is 19.0 Å². The van der Waals surface area contributed by atoms with E-state index in [1.165, 1.54) is 11.1 Å². The zero-order chi connectivity index (χ0) is 9.26. The maximum Gasteiger partial charge on any atom is 0.0316 e. The molecule has 1 nitrogen and oxygen atoms in total. The molecule has 0 radical (unpaired) electrons. The molecule has 0 aromatic heterocycles. The van der Waals surface area contributed by atoms with Crippen LogP contribution in [0.4, 0.5) is 0 Å². The summed E-state index contributed by atoms with van der Waals surface area (Å²) in [6.07, 6.45) is 3.14. The Morgan fingerprint density at radius 3 is 2.77 bits per heavy atom. The van der Waals surface area contributed by atoms with Crippen molar-refractivity contribution in [3.63, 3.8) is 0 Å². The van der Waals surface area contributed by atoms with E-state index in [4.69, 9.17) is 0 Å². The number of hydrogen-bond acceptors (Lipinski definition) is 1. The Morgan fingerprint density at radius 1 is 1.38 bits per heavy atom. The highest BCUT2D eigenvalue weighted by atomic mass is 15.1. The largest absolute Gasteiger partial charge is 0.295 e. The molecule has 0 N–H and O–H groups in total. The average Bonchev–Trinajstić information content (AvgIpc) is 2.17. The fourth-order valence-corrected chi connectivity index (χ4v) is 1.94. The molecule has 0 fully saturated rings. The number of fused-ring (bicyclic) bond motifs is 1. The first-order valence-corrected chi connectivity index (χ1v) is 4.71. The van der Waals surface area contributed by atoms with Crippen LogP contribution in [-0.2, 0) is 13.0 Å². The number of hydrogen-bond donors (Lipinski definition) is 0. The third-order valence-electron chi connectivity index (χ3n) is 2.81. The first-order chi connectivity index (χ1) is 6.31. The lowest BCUT2D eigenvalue weighted by atomic mass is 9.95. The van der Waals surface area contributed by atoms with E-state index in [0.29, 0.717) is 6.04 Å². The molecule has 1 unspecified atom stereocenters. The summed E-state index contributed by atoms with van der Waals surface area (Å²) in [5.41, 5.74) is 2.94. The van der Waals surface area contributed by atoms with Gasteiger partial charge < -0.3 is 0 Å². The number of likely N-dealkylation sites (N-methyl/N-ethyl adjacent to an activating group) is 1. The number of benzene rings is 1. The molecule has 1 aliphatic rings. The summed E-state index contributed by atoms with van der Waals surface area (Å²) in [5.74, 6) is 0. The smallest absolute Gasteiger partial charge is 0.0316 e. The van der Waals surface area contributed by atoms with Gasteiger partial charge in [0, 0.05) is 12.6 Å². The van der Waals surface area contributed by atoms with Gasteiger partial charge in [0.25, 0.3) is 0 Å². The molecule has 13 heavy (non-hydrogen) atoms. The van der Waals surface area contributed by atoms with Crippen molar-refractivity contribution in [2.24, 2.45) is 0 Å². The average molecular weight is 173 g/mol. The first-order valence-electron chi connectivity index (χ1n) is 4.71. The van der Waals surface area contributed by atoms with Crippen LogP contribution in [0.2, 0.25) is 0 Å². The summed E-state index contributed by atoms with van der Waals surface area (Å²) < 4.78 is 0. The molecule has 0 spiro atoms. The summed E-state index contributed by atoms with van der Waals surface area (Å²) >= 11 is 0. The van der Waals surface area contributed by atoms with Crippen molar-refractivity contribution in [1.82, 2.24) is 4.90 Å². The number of rotatable bonds is 1. The second kappa shape index (κ2) is 3.35. The van der Waals surface area contributed by atoms with Crippen molar-refractivity contribution < 1.29 is 0 Å². The Kier molecular flexibility index (Phi) is 2.19. The van der Waals surface area contributed by atoms with Gasteiger partial charge in [0.05, 0.1) is 0 Å². The summed E-state index contributed by atoms with van der Waals surface area (Å²) in [6.45, 7) is 4.91. The van der Waals surface area contributed by atoms with Gasteiger partial charge in [-0.1, -0.05) is 30.3 Å². The van der Waals surface area contributed by atoms with Crippen molar-refractivity contribution in [1.29, 1.82) is 0 Å². The van der Waals surface area contributed by atoms with Gasteiger partial charge in [0.2, 0.25) is 0 Å². The van der Waals surface area contributed by atoms with Crippen LogP contribution in [0.3, 0.4) is 0 Å². The van der Waals surface area contributed by atoms with Crippen molar-refractivity contribution in [3.05, 3.63) is 48.0 Å². The monoisotopic (exact) mass is 173 g/mol. The molecule has 68 valence electrons. The van der Waals surface area contributed by atoms with E-state index in [2.05, 4.69) is 42.8 Å². The zero-order valence-electron chi connectivity index (χ0n) is 8.03. The highest BCUT2D eigenvalue weighted by molar-refractivity contribution is 5.30. The molecular weight excluding hydrogens is 158 g/mol. The Morgan fingerprint density at radius 2 is 2.08 bits per heavy atom. The fraction of sp³-hybridized carbons (Fsp3) is 0.333. The van der Waals surface area contributed by atoms with E-state index in [9.17, 15) is 0 Å². The van der Waals surface area contributed by atoms with E-state index in [0.717, 1.165) is 13.0 Å². The van der Waals surface area contributed by atoms with Crippen LogP contribution in [0.1, 0.15) is 11.1 Å². The first kappa shape index (κ1) is 8.52. The molecule has 1 aromatic rings. The Hall–Kier alpha value is -1.08. The SMILES string of the molecule is C=CC1Cc2ccccc2CN1C. The summed E-state index contributed by atoms with van der Waals surface area (Å²) in [4.78, 5) is 2.34. The van der Waals surface area contributed by atoms with Crippen LogP contribution in [0.25, 0.3) is 0 Å². The number of nitrogens with zero attached hydrogens (tertiary/aromatic N) is 1. The van der Waals surface area contributed by atoms with Crippen LogP contribution in [0, 0.1) is 0 Å². The predicted octanol–water partition coefficient (Wildman–Crippen LogP) is 2.23. The van der Waals surface area contributed by atoms with Crippen molar-refractivity contribution in [2.75, 3.05) is 7.05 Å². The van der Waals surface area contributed by atoms with Gasteiger partial charge in [-0.25, -0.2) is 0 Å². The van der Waals surface area contributed by atoms with Gasteiger partial charge in [0.1, 0.15) is 0 Å². The van der Waals surface area contributed by atoms with E-state index in [1.54, 1.807) is 0 Å². The van der Waals surface area contributed by atoms with Gasteiger partial charge in [-0.3, -0.25) is 4.90 Å². The topological polar surface area (TPSA) is 3.24 Å². The minimum absolute atomic E-state index is 0.509. The van der Waals surface area contributed by atoms with E-state index in [-0.39, 0.29) is 0 Å². The van der Waals surface area contributed by atoms with Gasteiger partial charge in [-0.15, -0.1) is 6.58 Å². The fourth-order valence-electron chi connectivity index (χ4n) is 1.94. The molecule has 1 heterocycles. The molecule has 0 saturated carbocycles. The molecule has 0 saturated heterocycles. The van der Waals surface area contributed by atoms with Gasteiger partial charge in [0.15, 0.2) is 0 Å². The third kappa shape index (κ3) is 1.52. The van der Waals surface area contributed by atoms with E-state index < -0.39 is 0 Å². The zero-order valence-corrected chi connectivity index (χ0v) is 8.03. The van der Waals surface area contributed by atoms with Gasteiger partial charge >= 0.3 is 0 Å². The molecular formula is C12H15N. The molecule has 2 rings (SSSR count). The van der Waals surface area contributed by atoms with Crippen LogP contribution < -0.4 is 0 Å². The quantitative estimate of drug-likeness (QED) is 0.589. The van der Waals surface area contributed by atoms with Crippen molar-refractivity contribution in [3.8, 4) is 0 Å². The second-order valence-corrected chi connectivity index (χ2v) is 3.69. The lowest BCUT2D eigenvalue weighted by Gasteiger charge is -2.31. The van der Waals surface area contributed by atoms with Gasteiger partial charge in [-0.2, -0.15) is 0 Å². The molecule has 0 amide bonds. The standard InChI is InChI=1S/C12H15N/c1-3-12-8-10-6-4-5-7-11(10)9-13(12)2/h3-7,12H,1,8-9H2,2H3. The van der Waals surface area contributed by atoms with E-state index >= 15 is 0 Å². The summed E-state index contributed by atoms with van der Waals surface area (Å²) in [5, 5.41) is 0. The molecule has 1 heteroatoms. The Balaban J connectivity index is 2.32. The Bertz CT molecular complexity index is 317. The van der Waals surface area contributed by atoms with Crippen LogP contribution in [0.5, 0.6) is 0 Å². The highest BCUT2D eigenvalue weighted by Crippen LogP contribution is 2.21. The summed E-state index contributed by atoms with van der Waals surface area (Å²) in [6, 6.07) is 9.17. The van der Waals surface area contributed by atoms with Crippen LogP contribution in [-0.4, -0.2) is 18.0 Å². The van der Waals surface area contributed by atoms with Gasteiger partial charge in [-0.05, 0) is 24.6 Å². The summed E-state index contributed by atoms with van der Waals surface area (Å²) in [7, 11) is 2.16. The molecule has 0 bridgehead atoms. The minimum Gasteiger partial charge on any atom is -0.295 e. The maximum absolute atomic E-state index is 3.87. The lowest BCUT2D eigenvalue weighted by Crippen LogP contribution is -2.35. The second-order valence-electron chi connectivity index (χ2n) is 3.69. The molecule has 1 aromatic carbocycles. The normalized spacial score (nSPS) is 22.4. The maximum atomic E-state index is 3.87. The Labute approximate surface area is 79.7 Å². The molecule has 1 aliphatic heterocycles. The predicted molar refractivity (Wildman–Crippen MR) is 55.6 cm³/mol. The molecule has 1 atom stereocenters. The molecule has 0 aliphatic carbocycles. The van der Waals surface area contributed by atoms with Crippen LogP contribution >= 0.6 is 0 Å². The highest BCUT2D eigenvalue weighted by Gasteiger charge is 2.19. The van der Waals surface area contributed by atoms with E-state index in [1.807, 2.05) is 6.08 Å². The third-order valence-corrected chi connectivity index (χ3v) is 2.81. The van der Waals surface area contributed by atoms with Crippen molar-refractivity contribution >= 4 is 0 Å². The minimum atomic E-state index is 0.509. The van der Waals surface area contributed by atoms with Crippen LogP contribution in [0.15, 0.2) is 36.9 Å².